The number of aryl methyl sites for hydroxylation is 8. The highest BCUT2D eigenvalue weighted by Crippen LogP contribution is 2.68. The Bertz CT molecular complexity index is 6840. The molecule has 0 amide bonds. The lowest BCUT2D eigenvalue weighted by Crippen LogP contribution is -2.55. The fourth-order valence-electron chi connectivity index (χ4n) is 26.5. The van der Waals surface area contributed by atoms with Crippen LogP contribution < -0.4 is 19.6 Å². The number of rotatable bonds is 28. The van der Waals surface area contributed by atoms with E-state index in [0.29, 0.717) is 0 Å². The number of anilines is 12. The molecule has 4 nitrogen and oxygen atoms in total. The first-order valence-electron chi connectivity index (χ1n) is 51.3. The molecule has 0 N–H and O–H groups in total. The minimum absolute atomic E-state index is 0.230. The van der Waals surface area contributed by atoms with Gasteiger partial charge in [-0.3, -0.25) is 0 Å². The first kappa shape index (κ1) is 90.7. The molecule has 0 spiro atoms. The Morgan fingerprint density at radius 1 is 0.246 bits per heavy atom. The van der Waals surface area contributed by atoms with Gasteiger partial charge in [-0.15, -0.1) is 0 Å². The Labute approximate surface area is 822 Å². The number of nitrogens with zero attached hydrogens (tertiary/aromatic N) is 4. The van der Waals surface area contributed by atoms with Crippen molar-refractivity contribution in [1.82, 2.24) is 0 Å². The predicted molar refractivity (Wildman–Crippen MR) is 588 cm³/mol. The molecule has 0 aromatic heterocycles. The Morgan fingerprint density at radius 3 is 0.703 bits per heavy atom. The summed E-state index contributed by atoms with van der Waals surface area (Å²) in [5.41, 5.74) is 43.9. The third kappa shape index (κ3) is 18.2. The third-order valence-corrected chi connectivity index (χ3v) is 32.6. The molecule has 24 rings (SSSR count). The number of unbranched alkanes of at least 4 members (excludes halogenated alkanes) is 2. The van der Waals surface area contributed by atoms with E-state index in [0.717, 1.165) is 70.6 Å². The Morgan fingerprint density at radius 2 is 0.464 bits per heavy atom. The molecule has 0 saturated heterocycles. The van der Waals surface area contributed by atoms with Gasteiger partial charge in [-0.1, -0.05) is 294 Å². The highest BCUT2D eigenvalue weighted by atomic mass is 15.2. The zero-order valence-corrected chi connectivity index (χ0v) is 82.2. The van der Waals surface area contributed by atoms with Gasteiger partial charge in [0.2, 0.25) is 0 Å². The van der Waals surface area contributed by atoms with Crippen molar-refractivity contribution < 1.29 is 0 Å². The highest BCUT2D eigenvalue weighted by molar-refractivity contribution is 5.87. The molecule has 16 aromatic rings. The largest absolute Gasteiger partial charge is 0.310 e. The Kier molecular flexibility index (Phi) is 25.4. The Balaban J connectivity index is 0.000000166. The zero-order valence-electron chi connectivity index (χ0n) is 82.2. The monoisotopic (exact) mass is 1800 g/mol. The molecule has 138 heavy (non-hydrogen) atoms. The minimum Gasteiger partial charge on any atom is -0.310 e. The van der Waals surface area contributed by atoms with Gasteiger partial charge in [-0.2, -0.15) is 0 Å². The number of benzene rings is 16. The van der Waals surface area contributed by atoms with Crippen LogP contribution in [0.2, 0.25) is 0 Å². The average molecular weight is 1800 g/mol. The zero-order chi connectivity index (χ0) is 94.2. The highest BCUT2D eigenvalue weighted by Gasteiger charge is 2.60. The van der Waals surface area contributed by atoms with Crippen molar-refractivity contribution in [1.29, 1.82) is 0 Å². The molecule has 8 saturated carbocycles. The van der Waals surface area contributed by atoms with E-state index in [2.05, 4.69) is 464 Å². The molecular weight excluding hydrogens is 1670 g/mol. The van der Waals surface area contributed by atoms with Crippen molar-refractivity contribution in [2.24, 2.45) is 23.7 Å². The van der Waals surface area contributed by atoms with Crippen LogP contribution in [0.5, 0.6) is 0 Å². The molecule has 4 atom stereocenters. The maximum Gasteiger partial charge on any atom is 0.0464 e. The first-order valence-corrected chi connectivity index (χ1v) is 51.3. The SMILES string of the molecule is C=Cc1ccc(C23CC4CC(C2)CC(c2ccc(N(c5ccc(CCCC)cc5)c5ccc(-c6ccc(N(c7ccc(-c8ccccc8)cc7)c7ccc(-c8ccccc8)cc7)cc6C)c(C)c5)cc2)(C4)C3)cc1.C=Cc1ccc(C23CC4CC(C2)CC(c2ccc(N(c5ccc(CCCC)cc5)c5ccc(-c6ccc(N(c7ccc(C)cc7)c7ccc(C)cc7)cc6C)c(C)c5)cc2)(C4)C3)cc1. The molecule has 8 bridgehead atoms. The summed E-state index contributed by atoms with van der Waals surface area (Å²) >= 11 is 0. The van der Waals surface area contributed by atoms with Gasteiger partial charge in [0.25, 0.3) is 0 Å². The van der Waals surface area contributed by atoms with Gasteiger partial charge in [-0.05, 0) is 446 Å². The maximum atomic E-state index is 4.03. The number of hydrogen-bond acceptors (Lipinski definition) is 4. The van der Waals surface area contributed by atoms with E-state index in [1.165, 1.54) is 243 Å². The number of hydrogen-bond donors (Lipinski definition) is 0. The molecule has 688 valence electrons. The summed E-state index contributed by atoms with van der Waals surface area (Å²) in [4.78, 5) is 9.71. The smallest absolute Gasteiger partial charge is 0.0464 e. The van der Waals surface area contributed by atoms with Crippen LogP contribution in [0, 0.1) is 65.2 Å². The molecule has 0 heterocycles. The molecule has 4 heteroatoms. The fraction of sp³-hybridized carbons (Fsp3) is 0.254. The summed E-state index contributed by atoms with van der Waals surface area (Å²) in [6, 6.07) is 142. The summed E-state index contributed by atoms with van der Waals surface area (Å²) in [5, 5.41) is 0. The van der Waals surface area contributed by atoms with Gasteiger partial charge in [0.1, 0.15) is 0 Å². The van der Waals surface area contributed by atoms with Crippen molar-refractivity contribution in [3.8, 4) is 44.5 Å². The van der Waals surface area contributed by atoms with Crippen LogP contribution in [0.25, 0.3) is 56.7 Å². The fourth-order valence-corrected chi connectivity index (χ4v) is 26.5. The lowest BCUT2D eigenvalue weighted by Gasteiger charge is -2.63. The average Bonchev–Trinajstić information content (AvgIpc) is 0.706. The van der Waals surface area contributed by atoms with Gasteiger partial charge in [-0.25, -0.2) is 0 Å². The van der Waals surface area contributed by atoms with Gasteiger partial charge in [0.15, 0.2) is 0 Å². The molecule has 8 aliphatic rings. The van der Waals surface area contributed by atoms with Crippen molar-refractivity contribution in [3.05, 3.63) is 467 Å². The lowest BCUT2D eigenvalue weighted by molar-refractivity contribution is -0.0282. The molecule has 0 aliphatic heterocycles. The van der Waals surface area contributed by atoms with E-state index in [1.54, 1.807) is 16.7 Å². The minimum atomic E-state index is 0.230. The van der Waals surface area contributed by atoms with Crippen LogP contribution in [0.4, 0.5) is 68.2 Å². The second kappa shape index (κ2) is 38.6. The van der Waals surface area contributed by atoms with E-state index >= 15 is 0 Å². The van der Waals surface area contributed by atoms with Crippen molar-refractivity contribution in [2.45, 2.75) is 193 Å². The van der Waals surface area contributed by atoms with E-state index in [1.807, 2.05) is 12.2 Å². The second-order valence-electron chi connectivity index (χ2n) is 42.2. The summed E-state index contributed by atoms with van der Waals surface area (Å²) < 4.78 is 0. The predicted octanol–water partition coefficient (Wildman–Crippen LogP) is 37.3. The Hall–Kier alpha value is -13.8. The van der Waals surface area contributed by atoms with Crippen LogP contribution in [-0.2, 0) is 34.5 Å². The summed E-state index contributed by atoms with van der Waals surface area (Å²) in [6.07, 6.45) is 27.0. The van der Waals surface area contributed by atoms with Crippen LogP contribution in [0.15, 0.2) is 389 Å². The molecule has 0 radical (unpaired) electrons. The summed E-state index contributed by atoms with van der Waals surface area (Å²) in [7, 11) is 0. The van der Waals surface area contributed by atoms with Crippen LogP contribution in [-0.4, -0.2) is 0 Å². The summed E-state index contributed by atoms with van der Waals surface area (Å²) in [5.74, 6) is 3.22. The normalized spacial score (nSPS) is 20.2. The maximum absolute atomic E-state index is 4.03. The third-order valence-electron chi connectivity index (χ3n) is 32.6. The van der Waals surface area contributed by atoms with E-state index < -0.39 is 0 Å². The van der Waals surface area contributed by atoms with Crippen LogP contribution in [0.1, 0.15) is 194 Å². The van der Waals surface area contributed by atoms with Gasteiger partial charge < -0.3 is 19.6 Å². The van der Waals surface area contributed by atoms with Gasteiger partial charge in [0.05, 0.1) is 0 Å². The second-order valence-corrected chi connectivity index (χ2v) is 42.2. The molecular formula is C134H132N4. The standard InChI is InChI=1S/C72H68N2.C62H64N2/c1-5-7-14-54-21-31-63(32-22-54)73(66-37-29-62(30-38-66)72-48-55-45-56(49-72)47-71(46-55,50-72)61-27-19-53(6-2)20-28-61)67-39-41-69(51(3)43-67)70-42-40-68(44-52(70)4)74(64-33-23-59(24-34-64)57-15-10-8-11-16-57)65-35-25-60(26-36-65)58-17-12-9-13-18-58;1-7-9-10-48-17-27-55(28-18-48)64(56-29-21-52(22-30-56)62-40-49-37-50(41-62)39-61(38-49,42-62)51-19-15-47(8-2)16-20-51)58-32-34-60(46(6)36-58)59-33-31-57(35-45(59)5)63(53-23-11-43(3)12-24-53)54-25-13-44(4)14-26-54/h6,8-13,15-44,55-56H,2,5,7,14,45-50H2,1,3-4H3;8,11-36,49-50H,2,7,9-10,37-42H2,1,3-6H3. The van der Waals surface area contributed by atoms with Crippen molar-refractivity contribution in [2.75, 3.05) is 19.6 Å². The lowest BCUT2D eigenvalue weighted by atomic mass is 9.41. The van der Waals surface area contributed by atoms with Gasteiger partial charge in [0, 0.05) is 68.2 Å². The molecule has 4 unspecified atom stereocenters. The van der Waals surface area contributed by atoms with E-state index in [9.17, 15) is 0 Å². The molecule has 8 aliphatic carbocycles. The van der Waals surface area contributed by atoms with Crippen molar-refractivity contribution in [3.63, 3.8) is 0 Å². The first-order chi connectivity index (χ1) is 67.4. The van der Waals surface area contributed by atoms with E-state index in [4.69, 9.17) is 0 Å². The van der Waals surface area contributed by atoms with Crippen LogP contribution in [0.3, 0.4) is 0 Å². The van der Waals surface area contributed by atoms with Crippen LogP contribution >= 0.6 is 0 Å². The quantitative estimate of drug-likeness (QED) is 0.0484. The summed E-state index contributed by atoms with van der Waals surface area (Å²) in [6.45, 7) is 26.0. The molecule has 16 aromatic carbocycles. The molecule has 8 fully saturated rings. The van der Waals surface area contributed by atoms with E-state index in [-0.39, 0.29) is 21.7 Å². The van der Waals surface area contributed by atoms with Gasteiger partial charge >= 0.3 is 0 Å². The topological polar surface area (TPSA) is 13.0 Å². The van der Waals surface area contributed by atoms with Crippen molar-refractivity contribution >= 4 is 80.4 Å².